The van der Waals surface area contributed by atoms with Gasteiger partial charge in [0.15, 0.2) is 0 Å². The van der Waals surface area contributed by atoms with Crippen LogP contribution in [0.2, 0.25) is 0 Å². The molecule has 0 spiro atoms. The van der Waals surface area contributed by atoms with Gasteiger partial charge < -0.3 is 14.6 Å². The fourth-order valence-corrected chi connectivity index (χ4v) is 1.77. The average molecular weight is 290 g/mol. The minimum Gasteiger partial charge on any atom is -0.493 e. The monoisotopic (exact) mass is 290 g/mol. The molecule has 1 atom stereocenters. The molecule has 0 unspecified atom stereocenters. The molecule has 0 aliphatic carbocycles. The molecule has 0 aliphatic heterocycles. The maximum Gasteiger partial charge on any atom is 0.306 e. The Morgan fingerprint density at radius 3 is 2.76 bits per heavy atom. The third-order valence-electron chi connectivity index (χ3n) is 2.78. The molecule has 0 saturated heterocycles. The van der Waals surface area contributed by atoms with E-state index < -0.39 is 6.10 Å². The van der Waals surface area contributed by atoms with Gasteiger partial charge in [-0.3, -0.25) is 4.79 Å². The summed E-state index contributed by atoms with van der Waals surface area (Å²) in [5.74, 6) is 2.73. The number of hydrogen-bond acceptors (Lipinski definition) is 4. The first-order valence-electron chi connectivity index (χ1n) is 7.07. The molecular weight excluding hydrogens is 268 g/mol. The van der Waals surface area contributed by atoms with Crippen LogP contribution >= 0.6 is 0 Å². The molecule has 0 amide bonds. The van der Waals surface area contributed by atoms with E-state index in [4.69, 9.17) is 15.9 Å². The van der Waals surface area contributed by atoms with E-state index in [1.54, 1.807) is 0 Å². The van der Waals surface area contributed by atoms with Gasteiger partial charge in [-0.25, -0.2) is 0 Å². The van der Waals surface area contributed by atoms with Crippen molar-refractivity contribution in [2.45, 2.75) is 45.3 Å². The van der Waals surface area contributed by atoms with Crippen LogP contribution in [0.5, 0.6) is 5.75 Å². The van der Waals surface area contributed by atoms with E-state index in [1.807, 2.05) is 38.1 Å². The molecule has 0 fully saturated rings. The molecule has 4 heteroatoms. The van der Waals surface area contributed by atoms with Crippen LogP contribution in [0.25, 0.3) is 0 Å². The lowest BCUT2D eigenvalue weighted by atomic mass is 10.1. The molecule has 0 aliphatic rings. The van der Waals surface area contributed by atoms with Crippen molar-refractivity contribution >= 4 is 5.97 Å². The van der Waals surface area contributed by atoms with Crippen molar-refractivity contribution in [3.8, 4) is 18.1 Å². The lowest BCUT2D eigenvalue weighted by Gasteiger charge is -2.12. The minimum atomic E-state index is -0.793. The predicted octanol–water partition coefficient (Wildman–Crippen LogP) is 2.33. The van der Waals surface area contributed by atoms with Crippen molar-refractivity contribution in [1.82, 2.24) is 0 Å². The number of hydrogen-bond donors (Lipinski definition) is 1. The molecule has 1 aromatic rings. The Bertz CT molecular complexity index is 488. The average Bonchev–Trinajstić information content (AvgIpc) is 2.45. The molecule has 1 rings (SSSR count). The van der Waals surface area contributed by atoms with Crippen LogP contribution in [0, 0.1) is 12.3 Å². The van der Waals surface area contributed by atoms with Gasteiger partial charge >= 0.3 is 5.97 Å². The van der Waals surface area contributed by atoms with Crippen LogP contribution in [-0.4, -0.2) is 29.9 Å². The molecule has 0 radical (unpaired) electrons. The zero-order valence-electron chi connectivity index (χ0n) is 12.5. The SMILES string of the molecule is C#C[C@H](O)CCOc1ccccc1CCC(=O)OC(C)C. The highest BCUT2D eigenvalue weighted by atomic mass is 16.5. The Kier molecular flexibility index (Phi) is 7.34. The van der Waals surface area contributed by atoms with Gasteiger partial charge in [-0.15, -0.1) is 6.42 Å². The van der Waals surface area contributed by atoms with E-state index in [-0.39, 0.29) is 12.1 Å². The van der Waals surface area contributed by atoms with Gasteiger partial charge in [-0.1, -0.05) is 24.1 Å². The van der Waals surface area contributed by atoms with Crippen LogP contribution in [0.15, 0.2) is 24.3 Å². The Morgan fingerprint density at radius 1 is 1.38 bits per heavy atom. The first-order valence-corrected chi connectivity index (χ1v) is 7.07. The number of benzene rings is 1. The van der Waals surface area contributed by atoms with Crippen LogP contribution in [-0.2, 0) is 16.0 Å². The normalized spacial score (nSPS) is 11.8. The molecule has 0 bridgehead atoms. The third kappa shape index (κ3) is 6.82. The molecule has 0 aromatic heterocycles. The first-order chi connectivity index (χ1) is 10.0. The van der Waals surface area contributed by atoms with Gasteiger partial charge in [0, 0.05) is 12.8 Å². The second-order valence-electron chi connectivity index (χ2n) is 4.97. The van der Waals surface area contributed by atoms with E-state index >= 15 is 0 Å². The van der Waals surface area contributed by atoms with Crippen molar-refractivity contribution in [3.63, 3.8) is 0 Å². The molecule has 1 N–H and O–H groups in total. The molecule has 1 aromatic carbocycles. The number of carbonyl (C=O) groups is 1. The Hall–Kier alpha value is -1.99. The number of aryl methyl sites for hydroxylation is 1. The summed E-state index contributed by atoms with van der Waals surface area (Å²) in [6.45, 7) is 3.98. The number of carbonyl (C=O) groups excluding carboxylic acids is 1. The first kappa shape index (κ1) is 17.1. The molecule has 21 heavy (non-hydrogen) atoms. The molecule has 4 nitrogen and oxygen atoms in total. The van der Waals surface area contributed by atoms with Gasteiger partial charge in [0.1, 0.15) is 11.9 Å². The number of aliphatic hydroxyl groups is 1. The number of esters is 1. The largest absolute Gasteiger partial charge is 0.493 e. The second-order valence-corrected chi connectivity index (χ2v) is 4.97. The summed E-state index contributed by atoms with van der Waals surface area (Å²) < 4.78 is 10.7. The quantitative estimate of drug-likeness (QED) is 0.590. The Morgan fingerprint density at radius 2 is 2.10 bits per heavy atom. The predicted molar refractivity (Wildman–Crippen MR) is 80.9 cm³/mol. The van der Waals surface area contributed by atoms with Gasteiger partial charge in [-0.2, -0.15) is 0 Å². The highest BCUT2D eigenvalue weighted by molar-refractivity contribution is 5.70. The Labute approximate surface area is 126 Å². The topological polar surface area (TPSA) is 55.8 Å². The summed E-state index contributed by atoms with van der Waals surface area (Å²) in [5, 5.41) is 9.29. The maximum atomic E-state index is 11.6. The second kappa shape index (κ2) is 9.04. The summed E-state index contributed by atoms with van der Waals surface area (Å²) in [6, 6.07) is 7.51. The lowest BCUT2D eigenvalue weighted by Crippen LogP contribution is -2.13. The van der Waals surface area contributed by atoms with Crippen LogP contribution in [0.3, 0.4) is 0 Å². The van der Waals surface area contributed by atoms with Gasteiger partial charge in [0.25, 0.3) is 0 Å². The van der Waals surface area contributed by atoms with E-state index in [9.17, 15) is 9.90 Å². The number of para-hydroxylation sites is 1. The van der Waals surface area contributed by atoms with Crippen molar-refractivity contribution in [2.24, 2.45) is 0 Å². The van der Waals surface area contributed by atoms with Crippen molar-refractivity contribution < 1.29 is 19.4 Å². The molecule has 0 heterocycles. The third-order valence-corrected chi connectivity index (χ3v) is 2.78. The van der Waals surface area contributed by atoms with Gasteiger partial charge in [-0.05, 0) is 31.9 Å². The van der Waals surface area contributed by atoms with Crippen LogP contribution < -0.4 is 4.74 Å². The maximum absolute atomic E-state index is 11.6. The van der Waals surface area contributed by atoms with Gasteiger partial charge in [0.2, 0.25) is 0 Å². The van der Waals surface area contributed by atoms with Gasteiger partial charge in [0.05, 0.1) is 12.7 Å². The summed E-state index contributed by atoms with van der Waals surface area (Å²) in [4.78, 5) is 11.6. The highest BCUT2D eigenvalue weighted by Crippen LogP contribution is 2.20. The highest BCUT2D eigenvalue weighted by Gasteiger charge is 2.09. The number of terminal acetylenes is 1. The standard InChI is InChI=1S/C17H22O4/c1-4-15(18)11-12-20-16-8-6-5-7-14(16)9-10-17(19)21-13(2)3/h1,5-8,13,15,18H,9-12H2,2-3H3/t15-/m0/s1. The number of aliphatic hydroxyl groups excluding tert-OH is 1. The molecule has 0 saturated carbocycles. The van der Waals surface area contributed by atoms with Crippen LogP contribution in [0.1, 0.15) is 32.3 Å². The summed E-state index contributed by atoms with van der Waals surface area (Å²) >= 11 is 0. The van der Waals surface area contributed by atoms with Crippen LogP contribution in [0.4, 0.5) is 0 Å². The summed E-state index contributed by atoms with van der Waals surface area (Å²) in [6.07, 6.45) is 5.44. The fourth-order valence-electron chi connectivity index (χ4n) is 1.77. The molecular formula is C17H22O4. The fraction of sp³-hybridized carbons (Fsp3) is 0.471. The van der Waals surface area contributed by atoms with E-state index in [2.05, 4.69) is 5.92 Å². The smallest absolute Gasteiger partial charge is 0.306 e. The van der Waals surface area contributed by atoms with Crippen molar-refractivity contribution in [2.75, 3.05) is 6.61 Å². The van der Waals surface area contributed by atoms with E-state index in [0.29, 0.717) is 31.6 Å². The van der Waals surface area contributed by atoms with Crippen molar-refractivity contribution in [3.05, 3.63) is 29.8 Å². The zero-order chi connectivity index (χ0) is 15.7. The zero-order valence-corrected chi connectivity index (χ0v) is 12.5. The molecule has 114 valence electrons. The number of rotatable bonds is 8. The summed E-state index contributed by atoms with van der Waals surface area (Å²) in [5.41, 5.74) is 0.938. The number of ether oxygens (including phenoxy) is 2. The summed E-state index contributed by atoms with van der Waals surface area (Å²) in [7, 11) is 0. The van der Waals surface area contributed by atoms with E-state index in [0.717, 1.165) is 5.56 Å². The lowest BCUT2D eigenvalue weighted by molar-refractivity contribution is -0.147. The van der Waals surface area contributed by atoms with Crippen molar-refractivity contribution in [1.29, 1.82) is 0 Å². The Balaban J connectivity index is 2.51. The minimum absolute atomic E-state index is 0.103. The van der Waals surface area contributed by atoms with E-state index in [1.165, 1.54) is 0 Å².